The van der Waals surface area contributed by atoms with Gasteiger partial charge in [-0.25, -0.2) is 22.0 Å². The van der Waals surface area contributed by atoms with E-state index in [1.165, 1.54) is 24.3 Å². The molecule has 0 aromatic heterocycles. The Hall–Kier alpha value is -1.47. The highest BCUT2D eigenvalue weighted by atomic mass is 79.9. The van der Waals surface area contributed by atoms with Crippen LogP contribution in [0.4, 0.5) is 22.0 Å². The van der Waals surface area contributed by atoms with Crippen LogP contribution in [0.25, 0.3) is 0 Å². The SMILES string of the molecule is O[C@H](c1ccc(Br)cc1)c1c(F)c(F)c(F)c(F)c1F. The molecule has 1 nitrogen and oxygen atoms in total. The molecule has 2 aromatic carbocycles. The minimum absolute atomic E-state index is 0.00333. The van der Waals surface area contributed by atoms with E-state index < -0.39 is 40.8 Å². The Morgan fingerprint density at radius 2 is 1.15 bits per heavy atom. The lowest BCUT2D eigenvalue weighted by atomic mass is 10.00. The maximum atomic E-state index is 13.5. The van der Waals surface area contributed by atoms with Crippen LogP contribution in [0.3, 0.4) is 0 Å². The second-order valence-electron chi connectivity index (χ2n) is 3.94. The molecule has 1 N–H and O–H groups in total. The third kappa shape index (κ3) is 2.43. The van der Waals surface area contributed by atoms with Crippen molar-refractivity contribution < 1.29 is 27.1 Å². The van der Waals surface area contributed by atoms with Crippen molar-refractivity contribution in [1.29, 1.82) is 0 Å². The van der Waals surface area contributed by atoms with Crippen LogP contribution in [0, 0.1) is 29.1 Å². The van der Waals surface area contributed by atoms with Gasteiger partial charge in [-0.3, -0.25) is 0 Å². The molecule has 0 heterocycles. The first-order valence-electron chi connectivity index (χ1n) is 5.29. The third-order valence-electron chi connectivity index (χ3n) is 2.70. The molecule has 1 atom stereocenters. The molecule has 2 aromatic rings. The van der Waals surface area contributed by atoms with Gasteiger partial charge in [-0.2, -0.15) is 0 Å². The Morgan fingerprint density at radius 1 is 0.750 bits per heavy atom. The average molecular weight is 353 g/mol. The highest BCUT2D eigenvalue weighted by Crippen LogP contribution is 2.31. The second-order valence-corrected chi connectivity index (χ2v) is 4.85. The standard InChI is InChI=1S/C13H6BrF5O/c14-6-3-1-5(2-4-6)13(20)7-8(15)10(17)12(19)11(18)9(7)16/h1-4,13,20H/t13-/m1/s1. The van der Waals surface area contributed by atoms with E-state index in [2.05, 4.69) is 15.9 Å². The van der Waals surface area contributed by atoms with Crippen LogP contribution in [-0.4, -0.2) is 5.11 Å². The molecular weight excluding hydrogens is 347 g/mol. The van der Waals surface area contributed by atoms with Crippen molar-refractivity contribution in [3.05, 3.63) is 69.0 Å². The molecule has 0 fully saturated rings. The van der Waals surface area contributed by atoms with Gasteiger partial charge in [-0.05, 0) is 17.7 Å². The molecule has 106 valence electrons. The number of hydrogen-bond donors (Lipinski definition) is 1. The zero-order valence-electron chi connectivity index (χ0n) is 9.60. The number of aliphatic hydroxyl groups is 1. The van der Waals surface area contributed by atoms with Crippen molar-refractivity contribution in [3.8, 4) is 0 Å². The van der Waals surface area contributed by atoms with Crippen molar-refractivity contribution in [1.82, 2.24) is 0 Å². The fraction of sp³-hybridized carbons (Fsp3) is 0.0769. The monoisotopic (exact) mass is 352 g/mol. The van der Waals surface area contributed by atoms with Gasteiger partial charge < -0.3 is 5.11 Å². The maximum Gasteiger partial charge on any atom is 0.200 e. The Morgan fingerprint density at radius 3 is 1.60 bits per heavy atom. The molecule has 0 aliphatic carbocycles. The molecule has 0 unspecified atom stereocenters. The maximum absolute atomic E-state index is 13.5. The molecule has 0 saturated carbocycles. The minimum atomic E-state index is -2.26. The highest BCUT2D eigenvalue weighted by Gasteiger charge is 2.30. The van der Waals surface area contributed by atoms with Crippen molar-refractivity contribution in [2.45, 2.75) is 6.10 Å². The number of rotatable bonds is 2. The first-order valence-corrected chi connectivity index (χ1v) is 6.08. The highest BCUT2D eigenvalue weighted by molar-refractivity contribution is 9.10. The van der Waals surface area contributed by atoms with Crippen molar-refractivity contribution in [2.75, 3.05) is 0 Å². The van der Waals surface area contributed by atoms with Crippen LogP contribution < -0.4 is 0 Å². The van der Waals surface area contributed by atoms with Crippen LogP contribution in [0.15, 0.2) is 28.7 Å². The van der Waals surface area contributed by atoms with Gasteiger partial charge in [-0.15, -0.1) is 0 Å². The van der Waals surface area contributed by atoms with Crippen molar-refractivity contribution in [2.24, 2.45) is 0 Å². The van der Waals surface area contributed by atoms with Crippen LogP contribution in [0.5, 0.6) is 0 Å². The summed E-state index contributed by atoms with van der Waals surface area (Å²) in [6.45, 7) is 0. The van der Waals surface area contributed by atoms with Crippen molar-refractivity contribution in [3.63, 3.8) is 0 Å². The first-order chi connectivity index (χ1) is 9.34. The van der Waals surface area contributed by atoms with Crippen molar-refractivity contribution >= 4 is 15.9 Å². The summed E-state index contributed by atoms with van der Waals surface area (Å²) in [4.78, 5) is 0. The van der Waals surface area contributed by atoms with Gasteiger partial charge in [0, 0.05) is 4.47 Å². The molecule has 0 amide bonds. The normalized spacial score (nSPS) is 12.6. The fourth-order valence-electron chi connectivity index (χ4n) is 1.67. The molecule has 0 aliphatic heterocycles. The lowest BCUT2D eigenvalue weighted by Crippen LogP contribution is -2.12. The Labute approximate surface area is 118 Å². The van der Waals surface area contributed by atoms with E-state index in [-0.39, 0.29) is 5.56 Å². The minimum Gasteiger partial charge on any atom is -0.383 e. The first kappa shape index (κ1) is 14.9. The smallest absolute Gasteiger partial charge is 0.200 e. The second kappa shape index (κ2) is 5.49. The zero-order chi connectivity index (χ0) is 15.0. The van der Waals surface area contributed by atoms with Gasteiger partial charge in [0.25, 0.3) is 0 Å². The van der Waals surface area contributed by atoms with E-state index in [0.29, 0.717) is 4.47 Å². The zero-order valence-corrected chi connectivity index (χ0v) is 11.2. The summed E-state index contributed by atoms with van der Waals surface area (Å²) >= 11 is 3.11. The summed E-state index contributed by atoms with van der Waals surface area (Å²) < 4.78 is 66.7. The molecule has 0 radical (unpaired) electrons. The molecule has 0 bridgehead atoms. The largest absolute Gasteiger partial charge is 0.383 e. The van der Waals surface area contributed by atoms with E-state index in [1.54, 1.807) is 0 Å². The molecule has 0 spiro atoms. The summed E-state index contributed by atoms with van der Waals surface area (Å²) in [6.07, 6.45) is -1.97. The molecule has 2 rings (SSSR count). The summed E-state index contributed by atoms with van der Waals surface area (Å²) in [5.41, 5.74) is -1.28. The van der Waals surface area contributed by atoms with Crippen LogP contribution in [0.2, 0.25) is 0 Å². The van der Waals surface area contributed by atoms with Crippen LogP contribution >= 0.6 is 15.9 Å². The van der Waals surface area contributed by atoms with Gasteiger partial charge in [0.2, 0.25) is 5.82 Å². The number of benzene rings is 2. The summed E-state index contributed by atoms with van der Waals surface area (Å²) in [6, 6.07) is 5.52. The Kier molecular flexibility index (Phi) is 4.10. The predicted molar refractivity (Wildman–Crippen MR) is 64.4 cm³/mol. The number of aliphatic hydroxyl groups excluding tert-OH is 1. The number of hydrogen-bond acceptors (Lipinski definition) is 1. The van der Waals surface area contributed by atoms with Crippen LogP contribution in [-0.2, 0) is 0 Å². The fourth-order valence-corrected chi connectivity index (χ4v) is 1.94. The van der Waals surface area contributed by atoms with E-state index in [0.717, 1.165) is 0 Å². The van der Waals surface area contributed by atoms with Gasteiger partial charge in [0.05, 0.1) is 5.56 Å². The van der Waals surface area contributed by atoms with E-state index in [4.69, 9.17) is 0 Å². The van der Waals surface area contributed by atoms with Gasteiger partial charge in [0.1, 0.15) is 6.10 Å². The van der Waals surface area contributed by atoms with E-state index in [9.17, 15) is 27.1 Å². The Bertz CT molecular complexity index is 628. The van der Waals surface area contributed by atoms with Gasteiger partial charge in [-0.1, -0.05) is 28.1 Å². The van der Waals surface area contributed by atoms with E-state index >= 15 is 0 Å². The molecule has 7 heteroatoms. The van der Waals surface area contributed by atoms with Crippen LogP contribution in [0.1, 0.15) is 17.2 Å². The average Bonchev–Trinajstić information content (AvgIpc) is 2.44. The molecule has 0 saturated heterocycles. The van der Waals surface area contributed by atoms with E-state index in [1.807, 2.05) is 0 Å². The third-order valence-corrected chi connectivity index (χ3v) is 3.23. The summed E-state index contributed by atoms with van der Waals surface area (Å²) in [5.74, 6) is -10.5. The summed E-state index contributed by atoms with van der Waals surface area (Å²) in [7, 11) is 0. The molecular formula is C13H6BrF5O. The predicted octanol–water partition coefficient (Wildman–Crippen LogP) is 4.23. The van der Waals surface area contributed by atoms with Gasteiger partial charge in [0.15, 0.2) is 23.3 Å². The van der Waals surface area contributed by atoms with Gasteiger partial charge >= 0.3 is 0 Å². The lowest BCUT2D eigenvalue weighted by Gasteiger charge is -2.14. The Balaban J connectivity index is 2.60. The quantitative estimate of drug-likeness (QED) is 0.487. The topological polar surface area (TPSA) is 20.2 Å². The molecule has 0 aliphatic rings. The lowest BCUT2D eigenvalue weighted by molar-refractivity contribution is 0.202. The summed E-state index contributed by atoms with van der Waals surface area (Å²) in [5, 5.41) is 9.83. The number of halogens is 6. The molecule has 20 heavy (non-hydrogen) atoms.